The fourth-order valence-electron chi connectivity index (χ4n) is 0.464. The third-order valence-electron chi connectivity index (χ3n) is 0.971. The van der Waals surface area contributed by atoms with Gasteiger partial charge in [-0.2, -0.15) is 0 Å². The molecule has 2 atom stereocenters. The van der Waals surface area contributed by atoms with Crippen LogP contribution in [0.3, 0.4) is 0 Å². The molecule has 1 radical (unpaired) electrons. The molecule has 0 aliphatic rings. The van der Waals surface area contributed by atoms with Crippen molar-refractivity contribution in [2.75, 3.05) is 0 Å². The van der Waals surface area contributed by atoms with Crippen molar-refractivity contribution in [3.8, 4) is 0 Å². The molecule has 0 aliphatic heterocycles. The summed E-state index contributed by atoms with van der Waals surface area (Å²) in [5.41, 5.74) is 0. The van der Waals surface area contributed by atoms with Crippen molar-refractivity contribution >= 4 is 11.6 Å². The van der Waals surface area contributed by atoms with E-state index in [1.807, 2.05) is 6.92 Å². The average molecular weight is 136 g/mol. The first-order chi connectivity index (χ1) is 3.63. The van der Waals surface area contributed by atoms with Gasteiger partial charge in [0.25, 0.3) is 0 Å². The predicted molar refractivity (Wildman–Crippen MR) is 34.7 cm³/mol. The van der Waals surface area contributed by atoms with E-state index in [1.165, 1.54) is 0 Å². The van der Waals surface area contributed by atoms with Gasteiger partial charge in [-0.1, -0.05) is 0 Å². The normalized spacial score (nSPS) is 18.0. The van der Waals surface area contributed by atoms with E-state index in [9.17, 15) is 5.11 Å². The van der Waals surface area contributed by atoms with E-state index in [4.69, 9.17) is 11.6 Å². The van der Waals surface area contributed by atoms with Crippen LogP contribution in [0.1, 0.15) is 26.7 Å². The van der Waals surface area contributed by atoms with Crippen LogP contribution in [0.15, 0.2) is 0 Å². The van der Waals surface area contributed by atoms with Crippen molar-refractivity contribution in [3.05, 3.63) is 0 Å². The van der Waals surface area contributed by atoms with E-state index in [2.05, 4.69) is 0 Å². The molecule has 0 N–H and O–H groups in total. The Kier molecular flexibility index (Phi) is 4.29. The van der Waals surface area contributed by atoms with E-state index in [-0.39, 0.29) is 5.38 Å². The van der Waals surface area contributed by atoms with Gasteiger partial charge in [-0.15, -0.1) is 11.6 Å². The third kappa shape index (κ3) is 6.25. The molecule has 1 nitrogen and oxygen atoms in total. The maximum Gasteiger partial charge on any atom is 0.0902 e. The number of rotatable bonds is 3. The van der Waals surface area contributed by atoms with Crippen molar-refractivity contribution < 1.29 is 5.11 Å². The van der Waals surface area contributed by atoms with Gasteiger partial charge < -0.3 is 0 Å². The summed E-state index contributed by atoms with van der Waals surface area (Å²) in [5.74, 6) is 0. The van der Waals surface area contributed by atoms with Crippen LogP contribution in [-0.2, 0) is 5.11 Å². The van der Waals surface area contributed by atoms with Crippen LogP contribution in [0.2, 0.25) is 0 Å². The van der Waals surface area contributed by atoms with Gasteiger partial charge in [0, 0.05) is 5.38 Å². The number of hydrogen-bond acceptors (Lipinski definition) is 0. The van der Waals surface area contributed by atoms with E-state index in [0.29, 0.717) is 6.42 Å². The lowest BCUT2D eigenvalue weighted by Crippen LogP contribution is -2.00. The molecule has 2 unspecified atom stereocenters. The van der Waals surface area contributed by atoms with Crippen molar-refractivity contribution in [2.24, 2.45) is 0 Å². The molecule has 0 bridgehead atoms. The van der Waals surface area contributed by atoms with E-state index in [1.54, 1.807) is 6.92 Å². The number of hydrogen-bond donors (Lipinski definition) is 0. The standard InChI is InChI=1S/C6H12ClO/c1-5(7)3-4-6(2)8/h5-6H,3-4H2,1-2H3. The van der Waals surface area contributed by atoms with Gasteiger partial charge >= 0.3 is 0 Å². The average Bonchev–Trinajstić information content (AvgIpc) is 1.61. The van der Waals surface area contributed by atoms with Crippen LogP contribution in [0.4, 0.5) is 0 Å². The monoisotopic (exact) mass is 135 g/mol. The summed E-state index contributed by atoms with van der Waals surface area (Å²) in [7, 11) is 0. The lowest BCUT2D eigenvalue weighted by Gasteiger charge is -2.01. The minimum absolute atomic E-state index is 0.159. The molecular weight excluding hydrogens is 124 g/mol. The summed E-state index contributed by atoms with van der Waals surface area (Å²) >= 11 is 5.58. The van der Waals surface area contributed by atoms with E-state index < -0.39 is 6.10 Å². The van der Waals surface area contributed by atoms with Crippen LogP contribution in [-0.4, -0.2) is 11.5 Å². The molecule has 0 aromatic heterocycles. The Hall–Kier alpha value is 0.250. The van der Waals surface area contributed by atoms with E-state index in [0.717, 1.165) is 6.42 Å². The Morgan fingerprint density at radius 2 is 1.88 bits per heavy atom. The zero-order chi connectivity index (χ0) is 6.57. The summed E-state index contributed by atoms with van der Waals surface area (Å²) in [5, 5.41) is 10.5. The maximum atomic E-state index is 10.4. The Balaban J connectivity index is 2.93. The van der Waals surface area contributed by atoms with Gasteiger partial charge in [0.1, 0.15) is 0 Å². The van der Waals surface area contributed by atoms with E-state index >= 15 is 0 Å². The Labute approximate surface area is 55.7 Å². The second kappa shape index (κ2) is 4.16. The van der Waals surface area contributed by atoms with Crippen molar-refractivity contribution in [1.29, 1.82) is 0 Å². The summed E-state index contributed by atoms with van der Waals surface area (Å²) < 4.78 is 0. The zero-order valence-electron chi connectivity index (χ0n) is 5.36. The van der Waals surface area contributed by atoms with Crippen molar-refractivity contribution in [1.82, 2.24) is 0 Å². The highest BCUT2D eigenvalue weighted by atomic mass is 35.5. The van der Waals surface area contributed by atoms with Crippen molar-refractivity contribution in [2.45, 2.75) is 38.2 Å². The van der Waals surface area contributed by atoms with Gasteiger partial charge in [-0.3, -0.25) is 0 Å². The molecule has 0 rings (SSSR count). The second-order valence-electron chi connectivity index (χ2n) is 2.17. The SMILES string of the molecule is CC([O])CCC(C)Cl. The molecule has 0 spiro atoms. The van der Waals surface area contributed by atoms with Gasteiger partial charge in [0.05, 0.1) is 6.10 Å². The highest BCUT2D eigenvalue weighted by Crippen LogP contribution is 2.05. The van der Waals surface area contributed by atoms with Crippen LogP contribution in [0.5, 0.6) is 0 Å². The molecule has 0 fully saturated rings. The summed E-state index contributed by atoms with van der Waals surface area (Å²) in [6.07, 6.45) is 1.09. The second-order valence-corrected chi connectivity index (χ2v) is 2.91. The summed E-state index contributed by atoms with van der Waals surface area (Å²) in [6.45, 7) is 3.57. The lowest BCUT2D eigenvalue weighted by molar-refractivity contribution is 0.0958. The molecule has 0 saturated carbocycles. The largest absolute Gasteiger partial charge is 0.233 e. The molecule has 8 heavy (non-hydrogen) atoms. The molecule has 0 aromatic rings. The van der Waals surface area contributed by atoms with Gasteiger partial charge in [-0.05, 0) is 26.7 Å². The summed E-state index contributed by atoms with van der Waals surface area (Å²) in [4.78, 5) is 0. The molecule has 2 heteroatoms. The minimum atomic E-state index is -0.448. The van der Waals surface area contributed by atoms with Gasteiger partial charge in [0.15, 0.2) is 0 Å². The predicted octanol–water partition coefficient (Wildman–Crippen LogP) is 2.21. The first kappa shape index (κ1) is 8.25. The highest BCUT2D eigenvalue weighted by molar-refractivity contribution is 6.20. The van der Waals surface area contributed by atoms with Gasteiger partial charge in [-0.25, -0.2) is 5.11 Å². The van der Waals surface area contributed by atoms with Crippen LogP contribution in [0.25, 0.3) is 0 Å². The first-order valence-electron chi connectivity index (χ1n) is 2.93. The minimum Gasteiger partial charge on any atom is -0.233 e. The lowest BCUT2D eigenvalue weighted by atomic mass is 10.2. The Morgan fingerprint density at radius 3 is 2.00 bits per heavy atom. The molecule has 0 aromatic carbocycles. The van der Waals surface area contributed by atoms with Crippen LogP contribution < -0.4 is 0 Å². The molecule has 0 aliphatic carbocycles. The fourth-order valence-corrected chi connectivity index (χ4v) is 0.590. The Morgan fingerprint density at radius 1 is 1.38 bits per heavy atom. The number of halogens is 1. The Bertz CT molecular complexity index is 44.5. The summed E-state index contributed by atoms with van der Waals surface area (Å²) in [6, 6.07) is 0. The van der Waals surface area contributed by atoms with Crippen molar-refractivity contribution in [3.63, 3.8) is 0 Å². The maximum absolute atomic E-state index is 10.4. The third-order valence-corrected chi connectivity index (χ3v) is 1.19. The van der Waals surface area contributed by atoms with Gasteiger partial charge in [0.2, 0.25) is 0 Å². The fraction of sp³-hybridized carbons (Fsp3) is 1.00. The molecule has 0 saturated heterocycles. The zero-order valence-corrected chi connectivity index (χ0v) is 6.11. The van der Waals surface area contributed by atoms with Crippen LogP contribution >= 0.6 is 11.6 Å². The topological polar surface area (TPSA) is 19.9 Å². The quantitative estimate of drug-likeness (QED) is 0.529. The van der Waals surface area contributed by atoms with Crippen LogP contribution in [0, 0.1) is 0 Å². The molecular formula is C6H12ClO. The molecule has 0 heterocycles. The first-order valence-corrected chi connectivity index (χ1v) is 3.36. The highest BCUT2D eigenvalue weighted by Gasteiger charge is 2.00. The number of alkyl halides is 1. The smallest absolute Gasteiger partial charge is 0.0902 e. The molecule has 0 amide bonds. The molecule has 49 valence electrons.